The number of halogens is 4. The smallest absolute Gasteiger partial charge is 0.143 e. The van der Waals surface area contributed by atoms with Gasteiger partial charge in [-0.2, -0.15) is 0 Å². The van der Waals surface area contributed by atoms with Gasteiger partial charge in [0.05, 0.1) is 10.6 Å². The molecule has 2 aromatic rings. The second-order valence-corrected chi connectivity index (χ2v) is 5.81. The maximum atomic E-state index is 13.9. The lowest BCUT2D eigenvalue weighted by Crippen LogP contribution is -2.06. The van der Waals surface area contributed by atoms with E-state index in [1.54, 1.807) is 25.1 Å². The van der Waals surface area contributed by atoms with Crippen molar-refractivity contribution in [1.82, 2.24) is 0 Å². The molecule has 20 heavy (non-hydrogen) atoms. The molecule has 0 bridgehead atoms. The van der Waals surface area contributed by atoms with Crippen LogP contribution in [0.1, 0.15) is 22.8 Å². The molecule has 0 amide bonds. The third kappa shape index (κ3) is 3.19. The molecular formula is C15H12BrClF2O. The second kappa shape index (κ2) is 6.20. The summed E-state index contributed by atoms with van der Waals surface area (Å²) < 4.78 is 27.7. The van der Waals surface area contributed by atoms with Crippen LogP contribution in [0.3, 0.4) is 0 Å². The minimum absolute atomic E-state index is 0.139. The molecule has 1 nitrogen and oxygen atoms in total. The molecule has 0 heterocycles. The van der Waals surface area contributed by atoms with Gasteiger partial charge in [0, 0.05) is 17.0 Å². The first-order valence-corrected chi connectivity index (χ1v) is 7.13. The summed E-state index contributed by atoms with van der Waals surface area (Å²) in [4.78, 5) is 0. The quantitative estimate of drug-likeness (QED) is 0.766. The van der Waals surface area contributed by atoms with Crippen LogP contribution in [0.15, 0.2) is 34.8 Å². The lowest BCUT2D eigenvalue weighted by atomic mass is 9.99. The summed E-state index contributed by atoms with van der Waals surface area (Å²) >= 11 is 8.92. The molecule has 0 aromatic heterocycles. The van der Waals surface area contributed by atoms with E-state index in [-0.39, 0.29) is 16.5 Å². The summed E-state index contributed by atoms with van der Waals surface area (Å²) in [6.45, 7) is 1.80. The zero-order chi connectivity index (χ0) is 14.9. The number of hydrogen-bond donors (Lipinski definition) is 1. The van der Waals surface area contributed by atoms with Crippen LogP contribution in [-0.2, 0) is 6.42 Å². The van der Waals surface area contributed by atoms with Crippen LogP contribution >= 0.6 is 27.5 Å². The Bertz CT molecular complexity index is 646. The average molecular weight is 362 g/mol. The summed E-state index contributed by atoms with van der Waals surface area (Å²) in [5.74, 6) is -1.36. The van der Waals surface area contributed by atoms with Gasteiger partial charge in [0.15, 0.2) is 0 Å². The Morgan fingerprint density at radius 2 is 1.95 bits per heavy atom. The molecule has 5 heteroatoms. The number of aliphatic hydroxyl groups is 1. The van der Waals surface area contributed by atoms with E-state index in [2.05, 4.69) is 15.9 Å². The topological polar surface area (TPSA) is 20.2 Å². The number of aryl methyl sites for hydroxylation is 1. The molecule has 0 spiro atoms. The zero-order valence-electron chi connectivity index (χ0n) is 10.6. The molecule has 0 aliphatic rings. The fourth-order valence-electron chi connectivity index (χ4n) is 1.94. The van der Waals surface area contributed by atoms with Crippen molar-refractivity contribution in [2.24, 2.45) is 0 Å². The molecule has 1 N–H and O–H groups in total. The maximum absolute atomic E-state index is 13.9. The highest BCUT2D eigenvalue weighted by Crippen LogP contribution is 2.28. The van der Waals surface area contributed by atoms with Crippen molar-refractivity contribution in [2.45, 2.75) is 19.4 Å². The molecule has 0 saturated carbocycles. The van der Waals surface area contributed by atoms with Crippen molar-refractivity contribution in [3.8, 4) is 0 Å². The highest BCUT2D eigenvalue weighted by Gasteiger charge is 2.18. The monoisotopic (exact) mass is 360 g/mol. The molecule has 2 aromatic carbocycles. The molecule has 2 rings (SSSR count). The maximum Gasteiger partial charge on any atom is 0.143 e. The highest BCUT2D eigenvalue weighted by molar-refractivity contribution is 9.10. The van der Waals surface area contributed by atoms with Gasteiger partial charge >= 0.3 is 0 Å². The largest absolute Gasteiger partial charge is 0.388 e. The fourth-order valence-corrected chi connectivity index (χ4v) is 2.43. The Labute approximate surface area is 129 Å². The van der Waals surface area contributed by atoms with E-state index in [9.17, 15) is 13.9 Å². The summed E-state index contributed by atoms with van der Waals surface area (Å²) in [5.41, 5.74) is 1.24. The molecule has 106 valence electrons. The Morgan fingerprint density at radius 1 is 1.25 bits per heavy atom. The standard InChI is InChI=1S/C15H12BrClF2O/c1-8-6-9(2-4-12(8)17)14(20)7-10-13(18)5-3-11(16)15(10)19/h2-6,14,20H,7H2,1H3. The van der Waals surface area contributed by atoms with Gasteiger partial charge in [0.25, 0.3) is 0 Å². The van der Waals surface area contributed by atoms with E-state index >= 15 is 0 Å². The fraction of sp³-hybridized carbons (Fsp3) is 0.200. The van der Waals surface area contributed by atoms with Gasteiger partial charge in [-0.05, 0) is 52.2 Å². The van der Waals surface area contributed by atoms with Gasteiger partial charge in [-0.25, -0.2) is 8.78 Å². The minimum Gasteiger partial charge on any atom is -0.388 e. The molecule has 0 saturated heterocycles. The first kappa shape index (κ1) is 15.4. The Kier molecular flexibility index (Phi) is 4.78. The van der Waals surface area contributed by atoms with Crippen LogP contribution in [0.5, 0.6) is 0 Å². The molecule has 1 unspecified atom stereocenters. The SMILES string of the molecule is Cc1cc(C(O)Cc2c(F)ccc(Br)c2F)ccc1Cl. The third-order valence-electron chi connectivity index (χ3n) is 3.10. The molecule has 0 aliphatic heterocycles. The van der Waals surface area contributed by atoms with Crippen LogP contribution in [0.25, 0.3) is 0 Å². The van der Waals surface area contributed by atoms with E-state index in [1.165, 1.54) is 12.1 Å². The highest BCUT2D eigenvalue weighted by atomic mass is 79.9. The van der Waals surface area contributed by atoms with Gasteiger partial charge in [-0.3, -0.25) is 0 Å². The van der Waals surface area contributed by atoms with E-state index < -0.39 is 17.7 Å². The number of benzene rings is 2. The summed E-state index contributed by atoms with van der Waals surface area (Å²) in [6.07, 6.45) is -1.14. The number of hydrogen-bond acceptors (Lipinski definition) is 1. The van der Waals surface area contributed by atoms with Gasteiger partial charge in [0.2, 0.25) is 0 Å². The summed E-state index contributed by atoms with van der Waals surface area (Å²) in [6, 6.07) is 7.48. The minimum atomic E-state index is -0.996. The average Bonchev–Trinajstić information content (AvgIpc) is 2.42. The lowest BCUT2D eigenvalue weighted by molar-refractivity contribution is 0.175. The Balaban J connectivity index is 2.30. The van der Waals surface area contributed by atoms with Gasteiger partial charge in [-0.1, -0.05) is 23.7 Å². The van der Waals surface area contributed by atoms with E-state index in [4.69, 9.17) is 11.6 Å². The van der Waals surface area contributed by atoms with Crippen LogP contribution < -0.4 is 0 Å². The van der Waals surface area contributed by atoms with Gasteiger partial charge < -0.3 is 5.11 Å². The summed E-state index contributed by atoms with van der Waals surface area (Å²) in [5, 5.41) is 10.7. The van der Waals surface area contributed by atoms with Crippen LogP contribution in [0.4, 0.5) is 8.78 Å². The lowest BCUT2D eigenvalue weighted by Gasteiger charge is -2.14. The molecular weight excluding hydrogens is 350 g/mol. The van der Waals surface area contributed by atoms with Crippen molar-refractivity contribution in [3.63, 3.8) is 0 Å². The zero-order valence-corrected chi connectivity index (χ0v) is 13.0. The number of rotatable bonds is 3. The van der Waals surface area contributed by atoms with E-state index in [1.807, 2.05) is 0 Å². The van der Waals surface area contributed by atoms with Gasteiger partial charge in [0.1, 0.15) is 11.6 Å². The first-order chi connectivity index (χ1) is 9.40. The van der Waals surface area contributed by atoms with Gasteiger partial charge in [-0.15, -0.1) is 0 Å². The third-order valence-corrected chi connectivity index (χ3v) is 4.14. The van der Waals surface area contributed by atoms with Crippen LogP contribution in [0, 0.1) is 18.6 Å². The molecule has 0 radical (unpaired) electrons. The van der Waals surface area contributed by atoms with E-state index in [0.717, 1.165) is 5.56 Å². The predicted molar refractivity (Wildman–Crippen MR) is 78.9 cm³/mol. The molecule has 1 atom stereocenters. The summed E-state index contributed by atoms with van der Waals surface area (Å²) in [7, 11) is 0. The van der Waals surface area contributed by atoms with Crippen molar-refractivity contribution in [1.29, 1.82) is 0 Å². The Morgan fingerprint density at radius 3 is 2.60 bits per heavy atom. The second-order valence-electron chi connectivity index (χ2n) is 4.55. The van der Waals surface area contributed by atoms with Crippen LogP contribution in [0.2, 0.25) is 5.02 Å². The first-order valence-electron chi connectivity index (χ1n) is 5.96. The normalized spacial score (nSPS) is 12.5. The van der Waals surface area contributed by atoms with Crippen molar-refractivity contribution in [2.75, 3.05) is 0 Å². The van der Waals surface area contributed by atoms with Crippen molar-refractivity contribution < 1.29 is 13.9 Å². The number of aliphatic hydroxyl groups excluding tert-OH is 1. The van der Waals surface area contributed by atoms with Crippen molar-refractivity contribution >= 4 is 27.5 Å². The van der Waals surface area contributed by atoms with Crippen molar-refractivity contribution in [3.05, 3.63) is 68.2 Å². The van der Waals surface area contributed by atoms with Crippen LogP contribution in [-0.4, -0.2) is 5.11 Å². The molecule has 0 aliphatic carbocycles. The molecule has 0 fully saturated rings. The van der Waals surface area contributed by atoms with E-state index in [0.29, 0.717) is 10.6 Å². The Hall–Kier alpha value is -0.970. The predicted octanol–water partition coefficient (Wildman–Crippen LogP) is 4.97.